The molecular weight excluding hydrogens is 450 g/mol. The van der Waals surface area contributed by atoms with Crippen LogP contribution in [0.25, 0.3) is 39.3 Å². The summed E-state index contributed by atoms with van der Waals surface area (Å²) in [6.07, 6.45) is 8.99. The number of H-pyrrole nitrogens is 2. The van der Waals surface area contributed by atoms with Crippen molar-refractivity contribution in [3.05, 3.63) is 90.8 Å². The van der Waals surface area contributed by atoms with Gasteiger partial charge in [-0.25, -0.2) is 9.97 Å². The summed E-state index contributed by atoms with van der Waals surface area (Å²) in [5.41, 5.74) is 12.8. The predicted octanol–water partition coefficient (Wildman–Crippen LogP) is 3.88. The summed E-state index contributed by atoms with van der Waals surface area (Å²) >= 11 is 0. The average Bonchev–Trinajstić information content (AvgIpc) is 3.48. The van der Waals surface area contributed by atoms with Gasteiger partial charge in [0.15, 0.2) is 5.82 Å². The lowest BCUT2D eigenvalue weighted by atomic mass is 10.1. The number of benzene rings is 1. The summed E-state index contributed by atoms with van der Waals surface area (Å²) in [5, 5.41) is 8.64. The van der Waals surface area contributed by atoms with Crippen molar-refractivity contribution in [1.29, 1.82) is 0 Å². The fraction of sp³-hybridized carbons (Fsp3) is 0.148. The summed E-state index contributed by atoms with van der Waals surface area (Å²) in [5.74, 6) is 1.51. The molecule has 1 aromatic carbocycles. The Morgan fingerprint density at radius 2 is 2.06 bits per heavy atom. The second kappa shape index (κ2) is 8.86. The minimum Gasteiger partial charge on any atom is -0.352 e. The van der Waals surface area contributed by atoms with E-state index in [1.807, 2.05) is 43.3 Å². The van der Waals surface area contributed by atoms with Crippen LogP contribution in [0.3, 0.4) is 0 Å². The molecule has 36 heavy (non-hydrogen) atoms. The van der Waals surface area contributed by atoms with Crippen LogP contribution in [0, 0.1) is 6.92 Å². The molecule has 9 heteroatoms. The zero-order valence-corrected chi connectivity index (χ0v) is 19.8. The zero-order chi connectivity index (χ0) is 24.6. The first-order valence-corrected chi connectivity index (χ1v) is 11.7. The van der Waals surface area contributed by atoms with E-state index in [0.29, 0.717) is 5.82 Å². The number of nitrogens with one attached hydrogen (secondary N) is 2. The van der Waals surface area contributed by atoms with Crippen molar-refractivity contribution >= 4 is 22.3 Å². The van der Waals surface area contributed by atoms with Crippen LogP contribution in [0.15, 0.2) is 73.7 Å². The van der Waals surface area contributed by atoms with Crippen LogP contribution in [0.1, 0.15) is 17.1 Å². The van der Waals surface area contributed by atoms with Gasteiger partial charge in [0.2, 0.25) is 0 Å². The molecular formula is C27H25N9. The van der Waals surface area contributed by atoms with Crippen LogP contribution in [0.5, 0.6) is 0 Å². The SMILES string of the molecule is C=C/C=C(/c1ccccn1)c1nc(-c2n[nH]c3ccc(-c4cncc(N5CC(N)C5)n4)cc23)[nH]c1C. The van der Waals surface area contributed by atoms with Gasteiger partial charge in [0, 0.05) is 47.5 Å². The average molecular weight is 476 g/mol. The summed E-state index contributed by atoms with van der Waals surface area (Å²) in [6.45, 7) is 7.45. The minimum atomic E-state index is 0.196. The molecule has 0 bridgehead atoms. The number of fused-ring (bicyclic) bond motifs is 1. The van der Waals surface area contributed by atoms with Gasteiger partial charge in [-0.2, -0.15) is 5.10 Å². The summed E-state index contributed by atoms with van der Waals surface area (Å²) in [7, 11) is 0. The molecule has 0 atom stereocenters. The Morgan fingerprint density at radius 1 is 1.17 bits per heavy atom. The van der Waals surface area contributed by atoms with E-state index < -0.39 is 0 Å². The van der Waals surface area contributed by atoms with Gasteiger partial charge >= 0.3 is 0 Å². The Bertz CT molecular complexity index is 1590. The molecule has 5 aromatic rings. The monoisotopic (exact) mass is 475 g/mol. The topological polar surface area (TPSA) is 125 Å². The fourth-order valence-corrected chi connectivity index (χ4v) is 4.46. The smallest absolute Gasteiger partial charge is 0.159 e. The van der Waals surface area contributed by atoms with E-state index in [4.69, 9.17) is 15.7 Å². The highest BCUT2D eigenvalue weighted by Gasteiger charge is 2.25. The molecule has 6 rings (SSSR count). The second-order valence-electron chi connectivity index (χ2n) is 8.85. The van der Waals surface area contributed by atoms with Crippen LogP contribution >= 0.6 is 0 Å². The lowest BCUT2D eigenvalue weighted by Crippen LogP contribution is -2.56. The van der Waals surface area contributed by atoms with Crippen molar-refractivity contribution in [3.63, 3.8) is 0 Å². The highest BCUT2D eigenvalue weighted by Crippen LogP contribution is 2.32. The van der Waals surface area contributed by atoms with Gasteiger partial charge < -0.3 is 15.6 Å². The van der Waals surface area contributed by atoms with E-state index in [-0.39, 0.29) is 6.04 Å². The van der Waals surface area contributed by atoms with Crippen LogP contribution in [-0.2, 0) is 0 Å². The number of aromatic nitrogens is 7. The fourth-order valence-electron chi connectivity index (χ4n) is 4.46. The minimum absolute atomic E-state index is 0.196. The van der Waals surface area contributed by atoms with Crippen LogP contribution in [0.4, 0.5) is 5.82 Å². The van der Waals surface area contributed by atoms with Gasteiger partial charge in [0.25, 0.3) is 0 Å². The van der Waals surface area contributed by atoms with E-state index in [9.17, 15) is 0 Å². The molecule has 1 fully saturated rings. The number of rotatable bonds is 6. The number of aryl methyl sites for hydroxylation is 1. The van der Waals surface area contributed by atoms with Gasteiger partial charge in [-0.3, -0.25) is 15.1 Å². The number of nitrogens with zero attached hydrogens (tertiary/aromatic N) is 6. The molecule has 1 aliphatic heterocycles. The van der Waals surface area contributed by atoms with E-state index in [1.165, 1.54) is 0 Å². The molecule has 0 unspecified atom stereocenters. The Labute approximate surface area is 207 Å². The molecule has 0 spiro atoms. The molecule has 4 N–H and O–H groups in total. The highest BCUT2D eigenvalue weighted by molar-refractivity contribution is 5.94. The number of pyridine rings is 1. The third-order valence-corrected chi connectivity index (χ3v) is 6.30. The Kier molecular flexibility index (Phi) is 5.38. The Morgan fingerprint density at radius 3 is 2.83 bits per heavy atom. The number of hydrogen-bond donors (Lipinski definition) is 3. The first-order chi connectivity index (χ1) is 17.6. The van der Waals surface area contributed by atoms with Gasteiger partial charge in [-0.1, -0.05) is 30.9 Å². The van der Waals surface area contributed by atoms with E-state index in [0.717, 1.165) is 69.4 Å². The van der Waals surface area contributed by atoms with Gasteiger partial charge in [-0.15, -0.1) is 0 Å². The van der Waals surface area contributed by atoms with Crippen LogP contribution in [-0.4, -0.2) is 54.2 Å². The van der Waals surface area contributed by atoms with Crippen molar-refractivity contribution in [2.75, 3.05) is 18.0 Å². The molecule has 9 nitrogen and oxygen atoms in total. The van der Waals surface area contributed by atoms with Crippen molar-refractivity contribution in [2.24, 2.45) is 5.73 Å². The van der Waals surface area contributed by atoms with Crippen molar-refractivity contribution < 1.29 is 0 Å². The van der Waals surface area contributed by atoms with E-state index in [2.05, 4.69) is 42.7 Å². The number of aromatic amines is 2. The van der Waals surface area contributed by atoms with Crippen molar-refractivity contribution in [2.45, 2.75) is 13.0 Å². The molecule has 1 saturated heterocycles. The summed E-state index contributed by atoms with van der Waals surface area (Å²) < 4.78 is 0. The quantitative estimate of drug-likeness (QED) is 0.318. The standard InChI is InChI=1S/C27H25N9/c1-3-6-19(21-7-4-5-10-30-21)25-16(2)31-27(33-25)26-20-11-17(8-9-22(20)34-35-26)23-12-29-13-24(32-23)36-14-18(28)15-36/h3-13,18H,1,14-15,28H2,2H3,(H,31,33)(H,34,35)/b19-6-. The summed E-state index contributed by atoms with van der Waals surface area (Å²) in [6, 6.07) is 12.1. The molecule has 0 saturated carbocycles. The van der Waals surface area contributed by atoms with E-state index in [1.54, 1.807) is 24.7 Å². The molecule has 0 amide bonds. The second-order valence-corrected chi connectivity index (χ2v) is 8.85. The van der Waals surface area contributed by atoms with E-state index >= 15 is 0 Å². The van der Waals surface area contributed by atoms with Crippen LogP contribution < -0.4 is 10.6 Å². The maximum absolute atomic E-state index is 5.94. The molecule has 0 radical (unpaired) electrons. The maximum atomic E-state index is 5.94. The Hall–Kier alpha value is -4.63. The molecule has 4 aromatic heterocycles. The van der Waals surface area contributed by atoms with Crippen molar-refractivity contribution in [1.82, 2.24) is 35.1 Å². The number of imidazole rings is 1. The van der Waals surface area contributed by atoms with Gasteiger partial charge in [0.05, 0.1) is 35.0 Å². The first kappa shape index (κ1) is 21.9. The lowest BCUT2D eigenvalue weighted by Gasteiger charge is -2.37. The third kappa shape index (κ3) is 3.85. The summed E-state index contributed by atoms with van der Waals surface area (Å²) in [4.78, 5) is 24.2. The van der Waals surface area contributed by atoms with Gasteiger partial charge in [-0.05, 0) is 31.2 Å². The number of allylic oxidation sites excluding steroid dienone is 2. The molecule has 178 valence electrons. The maximum Gasteiger partial charge on any atom is 0.159 e. The molecule has 0 aliphatic carbocycles. The highest BCUT2D eigenvalue weighted by atomic mass is 15.3. The lowest BCUT2D eigenvalue weighted by molar-refractivity contribution is 0.514. The number of nitrogens with two attached hydrogens (primary N) is 1. The number of anilines is 1. The number of hydrogen-bond acceptors (Lipinski definition) is 7. The van der Waals surface area contributed by atoms with Gasteiger partial charge in [0.1, 0.15) is 11.5 Å². The Balaban J connectivity index is 1.39. The largest absolute Gasteiger partial charge is 0.352 e. The van der Waals surface area contributed by atoms with Crippen molar-refractivity contribution in [3.8, 4) is 22.8 Å². The predicted molar refractivity (Wildman–Crippen MR) is 141 cm³/mol. The molecule has 5 heterocycles. The first-order valence-electron chi connectivity index (χ1n) is 11.7. The zero-order valence-electron chi connectivity index (χ0n) is 19.8. The van der Waals surface area contributed by atoms with Crippen LogP contribution in [0.2, 0.25) is 0 Å². The normalized spacial score (nSPS) is 14.3. The third-order valence-electron chi connectivity index (χ3n) is 6.30. The molecule has 1 aliphatic rings.